The van der Waals surface area contributed by atoms with Crippen molar-refractivity contribution < 1.29 is 13.9 Å². The average Bonchev–Trinajstić information content (AvgIpc) is 2.35. The molecule has 6 heteroatoms. The van der Waals surface area contributed by atoms with E-state index >= 15 is 0 Å². The molecule has 0 fully saturated rings. The van der Waals surface area contributed by atoms with E-state index in [0.29, 0.717) is 11.1 Å². The van der Waals surface area contributed by atoms with E-state index in [-0.39, 0.29) is 16.7 Å². The molecule has 0 amide bonds. The number of ether oxygens (including phenoxy) is 1. The molecule has 0 atom stereocenters. The van der Waals surface area contributed by atoms with Gasteiger partial charge in [-0.05, 0) is 23.8 Å². The van der Waals surface area contributed by atoms with Crippen molar-refractivity contribution in [3.8, 4) is 0 Å². The summed E-state index contributed by atoms with van der Waals surface area (Å²) in [7, 11) is 1.28. The number of carbonyl (C=O) groups is 1. The molecule has 0 aromatic heterocycles. The fraction of sp³-hybridized carbons (Fsp3) is 0.167. The molecular formula is C12H13FN2O2S. The highest BCUT2D eigenvalue weighted by molar-refractivity contribution is 8.13. The highest BCUT2D eigenvalue weighted by atomic mass is 32.2. The monoisotopic (exact) mass is 268 g/mol. The lowest BCUT2D eigenvalue weighted by Crippen LogP contribution is -2.11. The predicted molar refractivity (Wildman–Crippen MR) is 70.8 cm³/mol. The van der Waals surface area contributed by atoms with Crippen LogP contribution in [0.5, 0.6) is 0 Å². The molecule has 0 bridgehead atoms. The van der Waals surface area contributed by atoms with Crippen molar-refractivity contribution in [3.05, 3.63) is 41.2 Å². The summed E-state index contributed by atoms with van der Waals surface area (Å²) in [5, 5.41) is 7.03. The number of halogens is 1. The Balaban J connectivity index is 2.90. The van der Waals surface area contributed by atoms with Crippen LogP contribution in [0.15, 0.2) is 29.8 Å². The van der Waals surface area contributed by atoms with Crippen LogP contribution < -0.4 is 5.73 Å². The highest BCUT2D eigenvalue weighted by Crippen LogP contribution is 2.14. The van der Waals surface area contributed by atoms with Crippen molar-refractivity contribution in [3.63, 3.8) is 0 Å². The Bertz CT molecular complexity index is 471. The molecule has 0 aliphatic heterocycles. The smallest absolute Gasteiger partial charge is 0.334 e. The largest absolute Gasteiger partial charge is 0.466 e. The quantitative estimate of drug-likeness (QED) is 0.379. The van der Waals surface area contributed by atoms with Gasteiger partial charge in [-0.15, -0.1) is 0 Å². The van der Waals surface area contributed by atoms with Crippen molar-refractivity contribution in [1.29, 1.82) is 5.41 Å². The minimum atomic E-state index is -0.493. The Morgan fingerprint density at radius 2 is 2.11 bits per heavy atom. The second kappa shape index (κ2) is 6.80. The van der Waals surface area contributed by atoms with E-state index in [4.69, 9.17) is 11.1 Å². The maximum atomic E-state index is 12.7. The van der Waals surface area contributed by atoms with Crippen LogP contribution in [0.3, 0.4) is 0 Å². The maximum absolute atomic E-state index is 12.7. The molecule has 3 N–H and O–H groups in total. The van der Waals surface area contributed by atoms with Gasteiger partial charge in [0, 0.05) is 11.3 Å². The predicted octanol–water partition coefficient (Wildman–Crippen LogP) is 2.01. The van der Waals surface area contributed by atoms with Gasteiger partial charge in [-0.3, -0.25) is 5.41 Å². The molecule has 4 nitrogen and oxygen atoms in total. The summed E-state index contributed by atoms with van der Waals surface area (Å²) in [6, 6.07) is 5.71. The summed E-state index contributed by atoms with van der Waals surface area (Å²) in [6.07, 6.45) is 1.58. The SMILES string of the molecule is COC(=O)/C(=C/c1ccc(F)cc1)CSC(=N)N. The first-order chi connectivity index (χ1) is 8.52. The van der Waals surface area contributed by atoms with Crippen LogP contribution in [0.4, 0.5) is 4.39 Å². The first-order valence-corrected chi connectivity index (χ1v) is 6.02. The molecule has 1 rings (SSSR count). The van der Waals surface area contributed by atoms with Crippen LogP contribution in [0.25, 0.3) is 6.08 Å². The summed E-state index contributed by atoms with van der Waals surface area (Å²) in [5.41, 5.74) is 6.26. The van der Waals surface area contributed by atoms with Gasteiger partial charge in [0.25, 0.3) is 0 Å². The number of benzene rings is 1. The van der Waals surface area contributed by atoms with E-state index in [1.165, 1.54) is 19.2 Å². The number of esters is 1. The number of thioether (sulfide) groups is 1. The zero-order chi connectivity index (χ0) is 13.5. The van der Waals surface area contributed by atoms with Crippen molar-refractivity contribution in [2.45, 2.75) is 0 Å². The first kappa shape index (κ1) is 14.2. The molecule has 0 radical (unpaired) electrons. The Hall–Kier alpha value is -1.82. The van der Waals surface area contributed by atoms with Gasteiger partial charge in [0.1, 0.15) is 5.82 Å². The molecule has 0 aliphatic rings. The van der Waals surface area contributed by atoms with Crippen molar-refractivity contribution in [2.24, 2.45) is 5.73 Å². The van der Waals surface area contributed by atoms with Crippen LogP contribution in [-0.4, -0.2) is 24.0 Å². The Labute approximate surface area is 109 Å². The van der Waals surface area contributed by atoms with Crippen molar-refractivity contribution in [2.75, 3.05) is 12.9 Å². The Morgan fingerprint density at radius 3 is 2.61 bits per heavy atom. The second-order valence-corrected chi connectivity index (χ2v) is 4.38. The normalized spacial score (nSPS) is 11.1. The number of hydrogen-bond donors (Lipinski definition) is 2. The van der Waals surface area contributed by atoms with Gasteiger partial charge in [0.05, 0.1) is 7.11 Å². The molecule has 0 spiro atoms. The number of nitrogens with two attached hydrogens (primary N) is 1. The molecule has 0 saturated carbocycles. The fourth-order valence-corrected chi connectivity index (χ4v) is 1.72. The number of hydrogen-bond acceptors (Lipinski definition) is 4. The topological polar surface area (TPSA) is 76.2 Å². The van der Waals surface area contributed by atoms with Gasteiger partial charge in [-0.25, -0.2) is 9.18 Å². The van der Waals surface area contributed by atoms with E-state index in [2.05, 4.69) is 4.74 Å². The minimum absolute atomic E-state index is 0.0797. The Kier molecular flexibility index (Phi) is 5.38. The van der Waals surface area contributed by atoms with Gasteiger partial charge >= 0.3 is 5.97 Å². The third-order valence-electron chi connectivity index (χ3n) is 2.04. The molecule has 0 heterocycles. The average molecular weight is 268 g/mol. The van der Waals surface area contributed by atoms with Crippen LogP contribution in [-0.2, 0) is 9.53 Å². The third kappa shape index (κ3) is 4.58. The summed E-state index contributed by atoms with van der Waals surface area (Å²) in [5.74, 6) is -0.600. The van der Waals surface area contributed by atoms with Crippen LogP contribution in [0.2, 0.25) is 0 Å². The van der Waals surface area contributed by atoms with Crippen molar-refractivity contribution >= 4 is 29.0 Å². The molecule has 96 valence electrons. The number of amidine groups is 1. The molecule has 0 saturated heterocycles. The lowest BCUT2D eigenvalue weighted by atomic mass is 10.1. The third-order valence-corrected chi connectivity index (χ3v) is 2.81. The minimum Gasteiger partial charge on any atom is -0.466 e. The second-order valence-electron chi connectivity index (χ2n) is 3.37. The van der Waals surface area contributed by atoms with Crippen LogP contribution >= 0.6 is 11.8 Å². The highest BCUT2D eigenvalue weighted by Gasteiger charge is 2.10. The van der Waals surface area contributed by atoms with Gasteiger partial charge in [0.15, 0.2) is 5.17 Å². The number of rotatable bonds is 4. The molecule has 1 aromatic carbocycles. The van der Waals surface area contributed by atoms with Gasteiger partial charge in [-0.2, -0.15) is 0 Å². The lowest BCUT2D eigenvalue weighted by Gasteiger charge is -2.04. The van der Waals surface area contributed by atoms with E-state index in [1.807, 2.05) is 0 Å². The summed E-state index contributed by atoms with van der Waals surface area (Å²) >= 11 is 1.02. The van der Waals surface area contributed by atoms with E-state index in [0.717, 1.165) is 11.8 Å². The van der Waals surface area contributed by atoms with Gasteiger partial charge in [-0.1, -0.05) is 23.9 Å². The molecule has 1 aromatic rings. The maximum Gasteiger partial charge on any atom is 0.334 e. The summed E-state index contributed by atoms with van der Waals surface area (Å²) in [4.78, 5) is 11.5. The number of nitrogens with one attached hydrogen (secondary N) is 1. The van der Waals surface area contributed by atoms with Crippen LogP contribution in [0.1, 0.15) is 5.56 Å². The zero-order valence-corrected chi connectivity index (χ0v) is 10.6. The van der Waals surface area contributed by atoms with Gasteiger partial charge < -0.3 is 10.5 Å². The molecule has 0 unspecified atom stereocenters. The van der Waals surface area contributed by atoms with Gasteiger partial charge in [0.2, 0.25) is 0 Å². The Morgan fingerprint density at radius 1 is 1.50 bits per heavy atom. The molecular weight excluding hydrogens is 255 g/mol. The van der Waals surface area contributed by atoms with E-state index in [1.54, 1.807) is 18.2 Å². The lowest BCUT2D eigenvalue weighted by molar-refractivity contribution is -0.135. The number of carbonyl (C=O) groups excluding carboxylic acids is 1. The summed E-state index contributed by atoms with van der Waals surface area (Å²) in [6.45, 7) is 0. The molecule has 0 aliphatic carbocycles. The zero-order valence-electron chi connectivity index (χ0n) is 9.77. The van der Waals surface area contributed by atoms with E-state index < -0.39 is 5.97 Å². The fourth-order valence-electron chi connectivity index (χ4n) is 1.21. The van der Waals surface area contributed by atoms with E-state index in [9.17, 15) is 9.18 Å². The van der Waals surface area contributed by atoms with Crippen molar-refractivity contribution in [1.82, 2.24) is 0 Å². The first-order valence-electron chi connectivity index (χ1n) is 5.04. The summed E-state index contributed by atoms with van der Waals surface area (Å²) < 4.78 is 17.4. The van der Waals surface area contributed by atoms with Crippen LogP contribution in [0, 0.1) is 11.2 Å². The standard InChI is InChI=1S/C12H13FN2O2S/c1-17-11(16)9(7-18-12(14)15)6-8-2-4-10(13)5-3-8/h2-6H,7H2,1H3,(H3,14,15)/b9-6+. The number of methoxy groups -OCH3 is 1. The molecule has 18 heavy (non-hydrogen) atoms.